The largest absolute Gasteiger partial charge is 0.390 e. The van der Waals surface area contributed by atoms with Crippen LogP contribution in [0.2, 0.25) is 0 Å². The van der Waals surface area contributed by atoms with Gasteiger partial charge in [-0.1, -0.05) is 6.08 Å². The Kier molecular flexibility index (Phi) is 1.39. The third-order valence-electron chi connectivity index (χ3n) is 1.81. The Morgan fingerprint density at radius 2 is 2.25 bits per heavy atom. The summed E-state index contributed by atoms with van der Waals surface area (Å²) in [6.07, 6.45) is 5.69. The minimum atomic E-state index is -0.345. The molecule has 8 heavy (non-hydrogen) atoms. The zero-order chi connectivity index (χ0) is 6.04. The second-order valence-corrected chi connectivity index (χ2v) is 2.57. The first kappa shape index (κ1) is 5.83. The SMILES string of the molecule is C=CCC1(O)CCC1. The van der Waals surface area contributed by atoms with E-state index in [2.05, 4.69) is 6.58 Å². The lowest BCUT2D eigenvalue weighted by Crippen LogP contribution is -2.35. The van der Waals surface area contributed by atoms with Gasteiger partial charge in [0.2, 0.25) is 0 Å². The Hall–Kier alpha value is -0.300. The quantitative estimate of drug-likeness (QED) is 0.536. The Morgan fingerprint density at radius 3 is 2.38 bits per heavy atom. The van der Waals surface area contributed by atoms with Crippen LogP contribution in [-0.2, 0) is 0 Å². The van der Waals surface area contributed by atoms with E-state index in [1.165, 1.54) is 6.42 Å². The van der Waals surface area contributed by atoms with Gasteiger partial charge in [-0.2, -0.15) is 0 Å². The molecule has 1 N–H and O–H groups in total. The monoisotopic (exact) mass is 112 g/mol. The van der Waals surface area contributed by atoms with Crippen molar-refractivity contribution in [1.29, 1.82) is 0 Å². The molecule has 1 rings (SSSR count). The zero-order valence-corrected chi connectivity index (χ0v) is 5.06. The number of aliphatic hydroxyl groups is 1. The molecule has 1 aliphatic carbocycles. The lowest BCUT2D eigenvalue weighted by molar-refractivity contribution is -0.0298. The van der Waals surface area contributed by atoms with E-state index in [0.717, 1.165) is 19.3 Å². The molecule has 1 nitrogen and oxygen atoms in total. The summed E-state index contributed by atoms with van der Waals surface area (Å²) in [4.78, 5) is 0. The van der Waals surface area contributed by atoms with Gasteiger partial charge in [-0.25, -0.2) is 0 Å². The predicted octanol–water partition coefficient (Wildman–Crippen LogP) is 1.48. The van der Waals surface area contributed by atoms with Gasteiger partial charge in [-0.05, 0) is 25.7 Å². The van der Waals surface area contributed by atoms with Crippen LogP contribution in [0.25, 0.3) is 0 Å². The van der Waals surface area contributed by atoms with E-state index in [1.807, 2.05) is 0 Å². The van der Waals surface area contributed by atoms with E-state index >= 15 is 0 Å². The highest BCUT2D eigenvalue weighted by atomic mass is 16.3. The summed E-state index contributed by atoms with van der Waals surface area (Å²) in [5.74, 6) is 0. The van der Waals surface area contributed by atoms with Gasteiger partial charge in [-0.3, -0.25) is 0 Å². The van der Waals surface area contributed by atoms with Crippen LogP contribution in [0, 0.1) is 0 Å². The average molecular weight is 112 g/mol. The normalized spacial score (nSPS) is 24.1. The van der Waals surface area contributed by atoms with Crippen LogP contribution in [0.5, 0.6) is 0 Å². The van der Waals surface area contributed by atoms with E-state index in [1.54, 1.807) is 6.08 Å². The van der Waals surface area contributed by atoms with Crippen LogP contribution >= 0.6 is 0 Å². The molecule has 0 aromatic heterocycles. The van der Waals surface area contributed by atoms with Gasteiger partial charge in [0.25, 0.3) is 0 Å². The van der Waals surface area contributed by atoms with E-state index in [9.17, 15) is 5.11 Å². The van der Waals surface area contributed by atoms with Crippen LogP contribution in [0.4, 0.5) is 0 Å². The first-order valence-electron chi connectivity index (χ1n) is 3.10. The van der Waals surface area contributed by atoms with E-state index in [0.29, 0.717) is 0 Å². The Morgan fingerprint density at radius 1 is 1.62 bits per heavy atom. The Labute approximate surface area is 50.0 Å². The van der Waals surface area contributed by atoms with E-state index < -0.39 is 0 Å². The molecule has 1 aliphatic rings. The molecule has 0 radical (unpaired) electrons. The molecule has 1 heteroatoms. The summed E-state index contributed by atoms with van der Waals surface area (Å²) >= 11 is 0. The van der Waals surface area contributed by atoms with Gasteiger partial charge in [0.15, 0.2) is 0 Å². The fraction of sp³-hybridized carbons (Fsp3) is 0.714. The highest BCUT2D eigenvalue weighted by Gasteiger charge is 2.32. The van der Waals surface area contributed by atoms with Gasteiger partial charge >= 0.3 is 0 Å². The van der Waals surface area contributed by atoms with Crippen molar-refractivity contribution in [3.05, 3.63) is 12.7 Å². The molecule has 0 aromatic carbocycles. The van der Waals surface area contributed by atoms with Crippen molar-refractivity contribution in [2.75, 3.05) is 0 Å². The van der Waals surface area contributed by atoms with Gasteiger partial charge in [0, 0.05) is 0 Å². The average Bonchev–Trinajstić information content (AvgIpc) is 1.64. The maximum atomic E-state index is 9.34. The van der Waals surface area contributed by atoms with Gasteiger partial charge in [-0.15, -0.1) is 6.58 Å². The molecule has 0 heterocycles. The van der Waals surface area contributed by atoms with Crippen LogP contribution in [-0.4, -0.2) is 10.7 Å². The highest BCUT2D eigenvalue weighted by Crippen LogP contribution is 2.34. The number of hydrogen-bond donors (Lipinski definition) is 1. The van der Waals surface area contributed by atoms with Gasteiger partial charge < -0.3 is 5.11 Å². The summed E-state index contributed by atoms with van der Waals surface area (Å²) in [6.45, 7) is 3.57. The highest BCUT2D eigenvalue weighted by molar-refractivity contribution is 4.92. The van der Waals surface area contributed by atoms with Crippen molar-refractivity contribution >= 4 is 0 Å². The molecular formula is C7H12O. The third kappa shape index (κ3) is 0.920. The topological polar surface area (TPSA) is 20.2 Å². The van der Waals surface area contributed by atoms with Crippen LogP contribution in [0.15, 0.2) is 12.7 Å². The third-order valence-corrected chi connectivity index (χ3v) is 1.81. The fourth-order valence-corrected chi connectivity index (χ4v) is 1.06. The maximum Gasteiger partial charge on any atom is 0.0682 e. The van der Waals surface area contributed by atoms with Gasteiger partial charge in [0.1, 0.15) is 0 Å². The van der Waals surface area contributed by atoms with Crippen LogP contribution < -0.4 is 0 Å². The standard InChI is InChI=1S/C7H12O/c1-2-4-7(8)5-3-6-7/h2,8H,1,3-6H2. The summed E-state index contributed by atoms with van der Waals surface area (Å²) < 4.78 is 0. The summed E-state index contributed by atoms with van der Waals surface area (Å²) in [6, 6.07) is 0. The molecule has 0 aromatic rings. The molecular weight excluding hydrogens is 100 g/mol. The first-order valence-corrected chi connectivity index (χ1v) is 3.10. The molecule has 1 fully saturated rings. The van der Waals surface area contributed by atoms with Crippen LogP contribution in [0.3, 0.4) is 0 Å². The summed E-state index contributed by atoms with van der Waals surface area (Å²) in [5, 5.41) is 9.34. The molecule has 0 bridgehead atoms. The molecule has 0 unspecified atom stereocenters. The molecule has 0 saturated heterocycles. The lowest BCUT2D eigenvalue weighted by Gasteiger charge is -2.35. The molecule has 0 aliphatic heterocycles. The second-order valence-electron chi connectivity index (χ2n) is 2.57. The minimum absolute atomic E-state index is 0.345. The van der Waals surface area contributed by atoms with Crippen molar-refractivity contribution in [3.8, 4) is 0 Å². The lowest BCUT2D eigenvalue weighted by atomic mass is 9.78. The van der Waals surface area contributed by atoms with E-state index in [4.69, 9.17) is 0 Å². The van der Waals surface area contributed by atoms with Crippen molar-refractivity contribution in [3.63, 3.8) is 0 Å². The molecule has 0 atom stereocenters. The summed E-state index contributed by atoms with van der Waals surface area (Å²) in [5.41, 5.74) is -0.345. The first-order chi connectivity index (χ1) is 3.77. The fourth-order valence-electron chi connectivity index (χ4n) is 1.06. The molecule has 1 saturated carbocycles. The van der Waals surface area contributed by atoms with Crippen molar-refractivity contribution in [2.45, 2.75) is 31.3 Å². The Balaban J connectivity index is 2.29. The molecule has 0 spiro atoms. The van der Waals surface area contributed by atoms with E-state index in [-0.39, 0.29) is 5.60 Å². The van der Waals surface area contributed by atoms with Crippen molar-refractivity contribution < 1.29 is 5.11 Å². The maximum absolute atomic E-state index is 9.34. The molecule has 46 valence electrons. The molecule has 0 amide bonds. The minimum Gasteiger partial charge on any atom is -0.390 e. The number of rotatable bonds is 2. The smallest absolute Gasteiger partial charge is 0.0682 e. The van der Waals surface area contributed by atoms with Crippen molar-refractivity contribution in [2.24, 2.45) is 0 Å². The number of hydrogen-bond acceptors (Lipinski definition) is 1. The second kappa shape index (κ2) is 1.90. The zero-order valence-electron chi connectivity index (χ0n) is 5.06. The van der Waals surface area contributed by atoms with Crippen LogP contribution in [0.1, 0.15) is 25.7 Å². The van der Waals surface area contributed by atoms with Crippen molar-refractivity contribution in [1.82, 2.24) is 0 Å². The summed E-state index contributed by atoms with van der Waals surface area (Å²) in [7, 11) is 0. The predicted molar refractivity (Wildman–Crippen MR) is 33.6 cm³/mol. The Bertz CT molecular complexity index is 92.6. The van der Waals surface area contributed by atoms with Gasteiger partial charge in [0.05, 0.1) is 5.60 Å².